The van der Waals surface area contributed by atoms with E-state index >= 15 is 0 Å². The van der Waals surface area contributed by atoms with Crippen molar-refractivity contribution in [3.05, 3.63) is 42.2 Å². The first-order chi connectivity index (χ1) is 10.6. The van der Waals surface area contributed by atoms with Crippen molar-refractivity contribution in [2.75, 3.05) is 11.4 Å². The SMILES string of the molecule is Cc1ccc(Oc2ncc(N3CCC(=O)NC3=O)cn2)cc1. The average molecular weight is 298 g/mol. The zero-order chi connectivity index (χ0) is 15.5. The van der Waals surface area contributed by atoms with Gasteiger partial charge in [0.25, 0.3) is 0 Å². The fraction of sp³-hybridized carbons (Fsp3) is 0.200. The third kappa shape index (κ3) is 3.03. The van der Waals surface area contributed by atoms with Crippen LogP contribution in [0.5, 0.6) is 11.8 Å². The van der Waals surface area contributed by atoms with Gasteiger partial charge in [-0.25, -0.2) is 14.8 Å². The van der Waals surface area contributed by atoms with Crippen molar-refractivity contribution in [2.45, 2.75) is 13.3 Å². The second-order valence-electron chi connectivity index (χ2n) is 4.89. The molecule has 0 atom stereocenters. The Bertz CT molecular complexity index is 698. The molecule has 2 aromatic rings. The third-order valence-corrected chi connectivity index (χ3v) is 3.21. The lowest BCUT2D eigenvalue weighted by Crippen LogP contribution is -2.49. The van der Waals surface area contributed by atoms with Gasteiger partial charge in [0.1, 0.15) is 5.75 Å². The molecule has 1 aromatic heterocycles. The number of benzene rings is 1. The largest absolute Gasteiger partial charge is 0.424 e. The number of amides is 3. The zero-order valence-electron chi connectivity index (χ0n) is 11.9. The molecule has 1 aliphatic heterocycles. The minimum absolute atomic E-state index is 0.195. The van der Waals surface area contributed by atoms with Gasteiger partial charge in [-0.15, -0.1) is 0 Å². The third-order valence-electron chi connectivity index (χ3n) is 3.21. The molecular weight excluding hydrogens is 284 g/mol. The molecule has 3 rings (SSSR count). The molecule has 2 heterocycles. The van der Waals surface area contributed by atoms with Gasteiger partial charge in [0.15, 0.2) is 0 Å². The highest BCUT2D eigenvalue weighted by molar-refractivity contribution is 6.05. The number of aryl methyl sites for hydroxylation is 1. The summed E-state index contributed by atoms with van der Waals surface area (Å²) < 4.78 is 5.52. The number of anilines is 1. The normalized spacial score (nSPS) is 14.7. The smallest absolute Gasteiger partial charge is 0.328 e. The molecule has 22 heavy (non-hydrogen) atoms. The quantitative estimate of drug-likeness (QED) is 0.937. The highest BCUT2D eigenvalue weighted by Crippen LogP contribution is 2.20. The molecule has 0 spiro atoms. The van der Waals surface area contributed by atoms with Crippen LogP contribution >= 0.6 is 0 Å². The minimum Gasteiger partial charge on any atom is -0.424 e. The summed E-state index contributed by atoms with van der Waals surface area (Å²) in [5.74, 6) is 0.362. The van der Waals surface area contributed by atoms with Crippen LogP contribution in [0.15, 0.2) is 36.7 Å². The van der Waals surface area contributed by atoms with E-state index in [-0.39, 0.29) is 18.3 Å². The van der Waals surface area contributed by atoms with E-state index < -0.39 is 6.03 Å². The molecule has 0 saturated carbocycles. The van der Waals surface area contributed by atoms with Crippen LogP contribution in [0.4, 0.5) is 10.5 Å². The lowest BCUT2D eigenvalue weighted by molar-refractivity contribution is -0.120. The Morgan fingerprint density at radius 3 is 2.45 bits per heavy atom. The van der Waals surface area contributed by atoms with E-state index in [9.17, 15) is 9.59 Å². The molecule has 1 aliphatic rings. The number of nitrogens with zero attached hydrogens (tertiary/aromatic N) is 3. The minimum atomic E-state index is -0.466. The van der Waals surface area contributed by atoms with E-state index in [4.69, 9.17) is 4.74 Å². The van der Waals surface area contributed by atoms with Crippen LogP contribution in [0, 0.1) is 6.92 Å². The Hall–Kier alpha value is -2.96. The Morgan fingerprint density at radius 2 is 1.82 bits per heavy atom. The van der Waals surface area contributed by atoms with Crippen LogP contribution < -0.4 is 15.0 Å². The first-order valence-corrected chi connectivity index (χ1v) is 6.80. The van der Waals surface area contributed by atoms with Gasteiger partial charge in [0, 0.05) is 13.0 Å². The van der Waals surface area contributed by atoms with Gasteiger partial charge < -0.3 is 4.74 Å². The van der Waals surface area contributed by atoms with Gasteiger partial charge in [-0.2, -0.15) is 0 Å². The number of hydrogen-bond donors (Lipinski definition) is 1. The van der Waals surface area contributed by atoms with Gasteiger partial charge >= 0.3 is 12.0 Å². The van der Waals surface area contributed by atoms with Gasteiger partial charge in [-0.05, 0) is 19.1 Å². The molecule has 7 heteroatoms. The van der Waals surface area contributed by atoms with Gasteiger partial charge in [0.2, 0.25) is 5.91 Å². The number of carbonyl (C=O) groups excluding carboxylic acids is 2. The predicted octanol–water partition coefficient (Wildman–Crippen LogP) is 2.02. The molecule has 0 aliphatic carbocycles. The monoisotopic (exact) mass is 298 g/mol. The van der Waals surface area contributed by atoms with E-state index in [1.807, 2.05) is 31.2 Å². The summed E-state index contributed by atoms with van der Waals surface area (Å²) in [5, 5.41) is 2.25. The number of ether oxygens (including phenoxy) is 1. The summed E-state index contributed by atoms with van der Waals surface area (Å²) in [7, 11) is 0. The van der Waals surface area contributed by atoms with Crippen LogP contribution in [-0.4, -0.2) is 28.5 Å². The Kier molecular flexibility index (Phi) is 3.69. The molecular formula is C15H14N4O3. The van der Waals surface area contributed by atoms with Crippen molar-refractivity contribution in [2.24, 2.45) is 0 Å². The summed E-state index contributed by atoms with van der Waals surface area (Å²) in [6, 6.07) is 7.25. The van der Waals surface area contributed by atoms with E-state index in [1.54, 1.807) is 0 Å². The molecule has 1 saturated heterocycles. The number of hydrogen-bond acceptors (Lipinski definition) is 5. The number of imide groups is 1. The molecule has 3 amide bonds. The molecule has 0 radical (unpaired) electrons. The number of carbonyl (C=O) groups is 2. The Labute approximate surface area is 126 Å². The van der Waals surface area contributed by atoms with Gasteiger partial charge in [-0.3, -0.25) is 15.0 Å². The van der Waals surface area contributed by atoms with Crippen molar-refractivity contribution in [1.29, 1.82) is 0 Å². The highest BCUT2D eigenvalue weighted by Gasteiger charge is 2.24. The summed E-state index contributed by atoms with van der Waals surface area (Å²) in [4.78, 5) is 32.4. The predicted molar refractivity (Wildman–Crippen MR) is 78.8 cm³/mol. The fourth-order valence-electron chi connectivity index (χ4n) is 2.02. The summed E-state index contributed by atoms with van der Waals surface area (Å²) >= 11 is 0. The molecule has 0 bridgehead atoms. The van der Waals surface area contributed by atoms with Crippen LogP contribution in [-0.2, 0) is 4.79 Å². The summed E-state index contributed by atoms with van der Waals surface area (Å²) in [6.07, 6.45) is 3.24. The number of nitrogens with one attached hydrogen (secondary N) is 1. The van der Waals surface area contributed by atoms with E-state index in [1.165, 1.54) is 17.3 Å². The van der Waals surface area contributed by atoms with Crippen molar-refractivity contribution < 1.29 is 14.3 Å². The number of aromatic nitrogens is 2. The van der Waals surface area contributed by atoms with Gasteiger partial charge in [-0.1, -0.05) is 17.7 Å². The fourth-order valence-corrected chi connectivity index (χ4v) is 2.02. The standard InChI is InChI=1S/C15H14N4O3/c1-10-2-4-12(5-3-10)22-14-16-8-11(9-17-14)19-7-6-13(20)18-15(19)21/h2-5,8-9H,6-7H2,1H3,(H,18,20,21). The number of urea groups is 1. The Morgan fingerprint density at radius 1 is 1.14 bits per heavy atom. The van der Waals surface area contributed by atoms with Crippen molar-refractivity contribution in [1.82, 2.24) is 15.3 Å². The molecule has 1 fully saturated rings. The van der Waals surface area contributed by atoms with Gasteiger partial charge in [0.05, 0.1) is 18.1 Å². The molecule has 112 valence electrons. The van der Waals surface area contributed by atoms with Crippen molar-refractivity contribution >= 4 is 17.6 Å². The molecule has 0 unspecified atom stereocenters. The van der Waals surface area contributed by atoms with Crippen LogP contribution in [0.25, 0.3) is 0 Å². The summed E-state index contributed by atoms with van der Waals surface area (Å²) in [5.41, 5.74) is 1.65. The second kappa shape index (κ2) is 5.80. The van der Waals surface area contributed by atoms with Crippen molar-refractivity contribution in [3.8, 4) is 11.8 Å². The molecule has 7 nitrogen and oxygen atoms in total. The topological polar surface area (TPSA) is 84.4 Å². The van der Waals surface area contributed by atoms with E-state index in [0.29, 0.717) is 18.0 Å². The zero-order valence-corrected chi connectivity index (χ0v) is 11.9. The van der Waals surface area contributed by atoms with Crippen molar-refractivity contribution in [3.63, 3.8) is 0 Å². The first kappa shape index (κ1) is 14.0. The molecule has 1 aromatic carbocycles. The lowest BCUT2D eigenvalue weighted by Gasteiger charge is -2.25. The number of rotatable bonds is 3. The lowest BCUT2D eigenvalue weighted by atomic mass is 10.2. The van der Waals surface area contributed by atoms with Crippen LogP contribution in [0.2, 0.25) is 0 Å². The van der Waals surface area contributed by atoms with E-state index in [2.05, 4.69) is 15.3 Å². The second-order valence-corrected chi connectivity index (χ2v) is 4.89. The van der Waals surface area contributed by atoms with E-state index in [0.717, 1.165) is 5.56 Å². The maximum Gasteiger partial charge on any atom is 0.328 e. The maximum absolute atomic E-state index is 11.7. The Balaban J connectivity index is 1.71. The average Bonchev–Trinajstić information content (AvgIpc) is 2.51. The highest BCUT2D eigenvalue weighted by atomic mass is 16.5. The maximum atomic E-state index is 11.7. The summed E-state index contributed by atoms with van der Waals surface area (Å²) in [6.45, 7) is 2.30. The van der Waals surface area contributed by atoms with Crippen LogP contribution in [0.3, 0.4) is 0 Å². The molecule has 1 N–H and O–H groups in total. The first-order valence-electron chi connectivity index (χ1n) is 6.80. The van der Waals surface area contributed by atoms with Crippen LogP contribution in [0.1, 0.15) is 12.0 Å².